The first-order valence-corrected chi connectivity index (χ1v) is 13.3. The van der Waals surface area contributed by atoms with Crippen molar-refractivity contribution in [3.8, 4) is 33.8 Å². The first kappa shape index (κ1) is 26.8. The van der Waals surface area contributed by atoms with Gasteiger partial charge in [0.15, 0.2) is 0 Å². The van der Waals surface area contributed by atoms with E-state index in [-0.39, 0.29) is 17.0 Å². The van der Waals surface area contributed by atoms with Crippen LogP contribution in [0.15, 0.2) is 53.7 Å². The van der Waals surface area contributed by atoms with Gasteiger partial charge < -0.3 is 20.3 Å². The average molecular weight is 548 g/mol. The Morgan fingerprint density at radius 3 is 2.33 bits per heavy atom. The molecular formula is C29H34ClN7O2. The van der Waals surface area contributed by atoms with Crippen LogP contribution in [0.3, 0.4) is 0 Å². The first-order valence-electron chi connectivity index (χ1n) is 12.9. The quantitative estimate of drug-likeness (QED) is 0.388. The minimum atomic E-state index is -0.194. The van der Waals surface area contributed by atoms with Crippen molar-refractivity contribution in [1.82, 2.24) is 24.0 Å². The number of aromatic hydroxyl groups is 1. The van der Waals surface area contributed by atoms with Crippen molar-refractivity contribution < 1.29 is 5.11 Å². The Kier molecular flexibility index (Phi) is 6.90. The van der Waals surface area contributed by atoms with Crippen LogP contribution in [0.25, 0.3) is 28.1 Å². The number of anilines is 2. The van der Waals surface area contributed by atoms with Crippen LogP contribution < -0.4 is 16.3 Å². The summed E-state index contributed by atoms with van der Waals surface area (Å²) in [5.41, 5.74) is 10.8. The van der Waals surface area contributed by atoms with Crippen molar-refractivity contribution in [2.24, 2.45) is 7.05 Å². The molecule has 39 heavy (non-hydrogen) atoms. The van der Waals surface area contributed by atoms with Crippen LogP contribution in [0.4, 0.5) is 11.5 Å². The lowest BCUT2D eigenvalue weighted by atomic mass is 10.0. The molecule has 1 aromatic carbocycles. The number of hydrogen-bond acceptors (Lipinski definition) is 7. The molecule has 4 aromatic rings. The van der Waals surface area contributed by atoms with E-state index >= 15 is 0 Å². The molecule has 0 bridgehead atoms. The Morgan fingerprint density at radius 2 is 1.72 bits per heavy atom. The molecule has 10 heteroatoms. The van der Waals surface area contributed by atoms with Crippen molar-refractivity contribution >= 4 is 23.1 Å². The SMILES string of the molecule is Cc1cc(-c2ccc(-n3ccn(C)c3=O)c(Cl)c2)c(O)c(-c2cnc(N)c(N3CCN(C(C)(C)C)CC3)c2)n1. The number of nitrogen functional groups attached to an aromatic ring is 1. The number of pyridine rings is 2. The normalized spacial score (nSPS) is 14.7. The Labute approximate surface area is 233 Å². The number of aryl methyl sites for hydroxylation is 2. The maximum Gasteiger partial charge on any atom is 0.332 e. The average Bonchev–Trinajstić information content (AvgIpc) is 3.22. The molecule has 3 N–H and O–H groups in total. The van der Waals surface area contributed by atoms with Gasteiger partial charge in [-0.25, -0.2) is 14.8 Å². The summed E-state index contributed by atoms with van der Waals surface area (Å²) < 4.78 is 2.96. The zero-order valence-electron chi connectivity index (χ0n) is 22.9. The molecule has 4 heterocycles. The van der Waals surface area contributed by atoms with Crippen molar-refractivity contribution in [2.75, 3.05) is 36.8 Å². The van der Waals surface area contributed by atoms with E-state index in [1.54, 1.807) is 37.8 Å². The predicted octanol–water partition coefficient (Wildman–Crippen LogP) is 4.47. The predicted molar refractivity (Wildman–Crippen MR) is 157 cm³/mol. The molecule has 3 aromatic heterocycles. The van der Waals surface area contributed by atoms with E-state index in [1.165, 1.54) is 9.13 Å². The minimum Gasteiger partial charge on any atom is -0.505 e. The van der Waals surface area contributed by atoms with Gasteiger partial charge in [0.2, 0.25) is 0 Å². The second-order valence-electron chi connectivity index (χ2n) is 11.0. The van der Waals surface area contributed by atoms with Crippen LogP contribution in [0.5, 0.6) is 5.75 Å². The molecule has 0 saturated carbocycles. The van der Waals surface area contributed by atoms with Crippen LogP contribution in [-0.4, -0.2) is 60.8 Å². The molecule has 0 spiro atoms. The first-order chi connectivity index (χ1) is 18.4. The lowest BCUT2D eigenvalue weighted by Gasteiger charge is -2.43. The molecule has 1 fully saturated rings. The highest BCUT2D eigenvalue weighted by molar-refractivity contribution is 6.32. The summed E-state index contributed by atoms with van der Waals surface area (Å²) >= 11 is 6.61. The van der Waals surface area contributed by atoms with Gasteiger partial charge in [0.1, 0.15) is 17.3 Å². The third-order valence-corrected chi connectivity index (χ3v) is 7.63. The highest BCUT2D eigenvalue weighted by atomic mass is 35.5. The van der Waals surface area contributed by atoms with Crippen LogP contribution >= 0.6 is 11.6 Å². The fourth-order valence-electron chi connectivity index (χ4n) is 5.07. The van der Waals surface area contributed by atoms with Crippen LogP contribution in [-0.2, 0) is 7.05 Å². The largest absolute Gasteiger partial charge is 0.505 e. The number of halogens is 1. The molecule has 0 atom stereocenters. The van der Waals surface area contributed by atoms with E-state index in [9.17, 15) is 9.90 Å². The minimum absolute atomic E-state index is 0.0244. The van der Waals surface area contributed by atoms with Crippen LogP contribution in [0.2, 0.25) is 5.02 Å². The highest BCUT2D eigenvalue weighted by Gasteiger charge is 2.27. The van der Waals surface area contributed by atoms with Crippen molar-refractivity contribution in [1.29, 1.82) is 0 Å². The Hall–Kier alpha value is -3.82. The molecule has 5 rings (SSSR count). The summed E-state index contributed by atoms with van der Waals surface area (Å²) in [5.74, 6) is 0.477. The smallest absolute Gasteiger partial charge is 0.332 e. The highest BCUT2D eigenvalue weighted by Crippen LogP contribution is 2.40. The third kappa shape index (κ3) is 5.12. The lowest BCUT2D eigenvalue weighted by Crippen LogP contribution is -2.53. The van der Waals surface area contributed by atoms with Crippen LogP contribution in [0.1, 0.15) is 26.5 Å². The van der Waals surface area contributed by atoms with E-state index in [0.717, 1.165) is 37.6 Å². The summed E-state index contributed by atoms with van der Waals surface area (Å²) in [6, 6.07) is 9.12. The van der Waals surface area contributed by atoms with Gasteiger partial charge in [-0.3, -0.25) is 9.47 Å². The Balaban J connectivity index is 1.50. The number of nitrogens with two attached hydrogens (primary N) is 1. The van der Waals surface area contributed by atoms with E-state index in [1.807, 2.05) is 25.1 Å². The molecule has 1 aliphatic heterocycles. The number of nitrogens with zero attached hydrogens (tertiary/aromatic N) is 6. The zero-order valence-corrected chi connectivity index (χ0v) is 23.7. The van der Waals surface area contributed by atoms with Crippen molar-refractivity contribution in [3.05, 3.63) is 70.1 Å². The molecule has 204 valence electrons. The fraction of sp³-hybridized carbons (Fsp3) is 0.345. The summed E-state index contributed by atoms with van der Waals surface area (Å²) in [6.45, 7) is 12.1. The van der Waals surface area contributed by atoms with Gasteiger partial charge in [-0.1, -0.05) is 17.7 Å². The number of aromatic nitrogens is 4. The maximum atomic E-state index is 12.4. The van der Waals surface area contributed by atoms with Gasteiger partial charge >= 0.3 is 5.69 Å². The summed E-state index contributed by atoms with van der Waals surface area (Å²) in [4.78, 5) is 26.2. The summed E-state index contributed by atoms with van der Waals surface area (Å²) in [5, 5.41) is 11.8. The number of imidazole rings is 1. The number of benzene rings is 1. The van der Waals surface area contributed by atoms with Gasteiger partial charge in [-0.15, -0.1) is 0 Å². The summed E-state index contributed by atoms with van der Waals surface area (Å²) in [6.07, 6.45) is 4.99. The molecule has 9 nitrogen and oxygen atoms in total. The molecule has 0 unspecified atom stereocenters. The molecule has 1 saturated heterocycles. The Bertz CT molecular complexity index is 1590. The molecule has 1 aliphatic rings. The topological polar surface area (TPSA) is 105 Å². The number of rotatable bonds is 4. The second-order valence-corrected chi connectivity index (χ2v) is 11.4. The van der Waals surface area contributed by atoms with Crippen LogP contribution in [0, 0.1) is 6.92 Å². The zero-order chi connectivity index (χ0) is 28.1. The number of piperazine rings is 1. The second kappa shape index (κ2) is 10.1. The van der Waals surface area contributed by atoms with Gasteiger partial charge in [0, 0.05) is 74.2 Å². The van der Waals surface area contributed by atoms with E-state index in [2.05, 4.69) is 40.5 Å². The monoisotopic (exact) mass is 547 g/mol. The van der Waals surface area contributed by atoms with Gasteiger partial charge in [-0.05, 0) is 57.5 Å². The standard InChI is InChI=1S/C29H34ClN7O2/c1-18-14-21(19-6-7-23(22(30)15-19)37-13-8-34(5)28(37)39)26(38)25(33-18)20-16-24(27(31)32-17-20)35-9-11-36(12-10-35)29(2,3)4/h6-8,13-17,38H,9-12H2,1-5H3,(H2,31,32). The van der Waals surface area contributed by atoms with E-state index in [0.29, 0.717) is 38.9 Å². The Morgan fingerprint density at radius 1 is 1.00 bits per heavy atom. The molecule has 0 amide bonds. The fourth-order valence-corrected chi connectivity index (χ4v) is 5.34. The third-order valence-electron chi connectivity index (χ3n) is 7.33. The molecule has 0 aliphatic carbocycles. The molecular weight excluding hydrogens is 514 g/mol. The van der Waals surface area contributed by atoms with Crippen molar-refractivity contribution in [2.45, 2.75) is 33.2 Å². The van der Waals surface area contributed by atoms with Crippen molar-refractivity contribution in [3.63, 3.8) is 0 Å². The lowest BCUT2D eigenvalue weighted by molar-refractivity contribution is 0.128. The summed E-state index contributed by atoms with van der Waals surface area (Å²) in [7, 11) is 1.68. The van der Waals surface area contributed by atoms with E-state index in [4.69, 9.17) is 17.3 Å². The van der Waals surface area contributed by atoms with E-state index < -0.39 is 0 Å². The van der Waals surface area contributed by atoms with Gasteiger partial charge in [-0.2, -0.15) is 0 Å². The number of hydrogen-bond donors (Lipinski definition) is 2. The van der Waals surface area contributed by atoms with Gasteiger partial charge in [0.25, 0.3) is 0 Å². The van der Waals surface area contributed by atoms with Gasteiger partial charge in [0.05, 0.1) is 16.4 Å². The maximum absolute atomic E-state index is 12.4. The molecule has 0 radical (unpaired) electrons.